The number of anilines is 1. The second kappa shape index (κ2) is 6.40. The maximum Gasteiger partial charge on any atom is 0.288 e. The van der Waals surface area contributed by atoms with E-state index < -0.39 is 4.92 Å². The van der Waals surface area contributed by atoms with Crippen LogP contribution in [-0.4, -0.2) is 26.7 Å². The third-order valence-corrected chi connectivity index (χ3v) is 3.39. The molecule has 0 fully saturated rings. The van der Waals surface area contributed by atoms with Crippen LogP contribution in [0.5, 0.6) is 11.5 Å². The lowest BCUT2D eigenvalue weighted by Crippen LogP contribution is -2.07. The van der Waals surface area contributed by atoms with Crippen LogP contribution in [-0.2, 0) is 6.42 Å². The van der Waals surface area contributed by atoms with E-state index in [2.05, 4.69) is 26.2 Å². The Hall–Kier alpha value is -2.35. The van der Waals surface area contributed by atoms with E-state index in [-0.39, 0.29) is 17.2 Å². The molecule has 1 heterocycles. The monoisotopic (exact) mass is 353 g/mol. The zero-order valence-electron chi connectivity index (χ0n) is 10.8. The summed E-state index contributed by atoms with van der Waals surface area (Å²) in [6.45, 7) is 0.521. The van der Waals surface area contributed by atoms with E-state index in [0.717, 1.165) is 5.56 Å². The van der Waals surface area contributed by atoms with Crippen molar-refractivity contribution in [1.29, 1.82) is 0 Å². The largest absolute Gasteiger partial charge is 0.504 e. The Morgan fingerprint density at radius 1 is 1.29 bits per heavy atom. The Morgan fingerprint density at radius 3 is 2.67 bits per heavy atom. The minimum absolute atomic E-state index is 0.0871. The molecule has 0 aliphatic carbocycles. The fraction of sp³-hybridized carbons (Fsp3) is 0.154. The standard InChI is InChI=1S/C13H12BrN3O4/c14-10-6-9(17(20)21)7-16-13(10)15-4-3-8-1-2-11(18)12(19)5-8/h1-2,5-7,18-19H,3-4H2,(H,15,16). The van der Waals surface area contributed by atoms with Gasteiger partial charge in [0.2, 0.25) is 0 Å². The molecule has 0 amide bonds. The molecule has 1 aromatic carbocycles. The lowest BCUT2D eigenvalue weighted by atomic mass is 10.1. The molecule has 110 valence electrons. The van der Waals surface area contributed by atoms with Gasteiger partial charge in [0.05, 0.1) is 9.40 Å². The smallest absolute Gasteiger partial charge is 0.288 e. The maximum atomic E-state index is 10.6. The van der Waals surface area contributed by atoms with Gasteiger partial charge in [-0.15, -0.1) is 0 Å². The van der Waals surface area contributed by atoms with E-state index in [1.54, 1.807) is 6.07 Å². The summed E-state index contributed by atoms with van der Waals surface area (Å²) in [5, 5.41) is 32.2. The zero-order valence-corrected chi connectivity index (χ0v) is 12.4. The van der Waals surface area contributed by atoms with Gasteiger partial charge in [-0.1, -0.05) is 6.07 Å². The van der Waals surface area contributed by atoms with Gasteiger partial charge in [0.1, 0.15) is 12.0 Å². The molecule has 7 nitrogen and oxygen atoms in total. The summed E-state index contributed by atoms with van der Waals surface area (Å²) in [5.74, 6) is 0.178. The van der Waals surface area contributed by atoms with Gasteiger partial charge in [0, 0.05) is 12.6 Å². The molecule has 2 rings (SSSR count). The Bertz CT molecular complexity index is 678. The number of rotatable bonds is 5. The van der Waals surface area contributed by atoms with Crippen LogP contribution in [0.15, 0.2) is 34.9 Å². The van der Waals surface area contributed by atoms with Crippen molar-refractivity contribution in [1.82, 2.24) is 4.98 Å². The summed E-state index contributed by atoms with van der Waals surface area (Å²) in [5.41, 5.74) is 0.756. The molecular weight excluding hydrogens is 342 g/mol. The normalized spacial score (nSPS) is 10.3. The number of pyridine rings is 1. The quantitative estimate of drug-likeness (QED) is 0.433. The average molecular weight is 354 g/mol. The first-order chi connectivity index (χ1) is 9.97. The van der Waals surface area contributed by atoms with Crippen molar-refractivity contribution in [3.05, 3.63) is 50.6 Å². The van der Waals surface area contributed by atoms with Gasteiger partial charge >= 0.3 is 0 Å². The topological polar surface area (TPSA) is 109 Å². The number of nitrogens with zero attached hydrogens (tertiary/aromatic N) is 2. The average Bonchev–Trinajstić information content (AvgIpc) is 2.44. The molecule has 0 spiro atoms. The number of nitro groups is 1. The van der Waals surface area contributed by atoms with Gasteiger partial charge in [-0.25, -0.2) is 4.98 Å². The highest BCUT2D eigenvalue weighted by atomic mass is 79.9. The molecular formula is C13H12BrN3O4. The highest BCUT2D eigenvalue weighted by Crippen LogP contribution is 2.26. The summed E-state index contributed by atoms with van der Waals surface area (Å²) in [6.07, 6.45) is 1.78. The second-order valence-corrected chi connectivity index (χ2v) is 5.14. The first-order valence-electron chi connectivity index (χ1n) is 6.02. The van der Waals surface area contributed by atoms with Gasteiger partial charge in [0.15, 0.2) is 11.5 Å². The molecule has 0 saturated carbocycles. The lowest BCUT2D eigenvalue weighted by molar-refractivity contribution is -0.385. The molecule has 0 radical (unpaired) electrons. The molecule has 0 aliphatic rings. The van der Waals surface area contributed by atoms with E-state index in [9.17, 15) is 20.3 Å². The van der Waals surface area contributed by atoms with E-state index >= 15 is 0 Å². The fourth-order valence-electron chi connectivity index (χ4n) is 1.71. The molecule has 21 heavy (non-hydrogen) atoms. The predicted octanol–water partition coefficient (Wildman–Crippen LogP) is 2.82. The highest BCUT2D eigenvalue weighted by molar-refractivity contribution is 9.10. The highest BCUT2D eigenvalue weighted by Gasteiger charge is 2.10. The fourth-order valence-corrected chi connectivity index (χ4v) is 2.18. The third kappa shape index (κ3) is 3.82. The van der Waals surface area contributed by atoms with Gasteiger partial charge in [0.25, 0.3) is 5.69 Å². The molecule has 0 unspecified atom stereocenters. The van der Waals surface area contributed by atoms with Crippen molar-refractivity contribution in [2.75, 3.05) is 11.9 Å². The SMILES string of the molecule is O=[N+]([O-])c1cnc(NCCc2ccc(O)c(O)c2)c(Br)c1. The number of hydrogen-bond acceptors (Lipinski definition) is 6. The Kier molecular flexibility index (Phi) is 4.59. The summed E-state index contributed by atoms with van der Waals surface area (Å²) in [6, 6.07) is 5.98. The van der Waals surface area contributed by atoms with Crippen molar-refractivity contribution in [2.45, 2.75) is 6.42 Å². The van der Waals surface area contributed by atoms with Gasteiger partial charge in [-0.3, -0.25) is 10.1 Å². The molecule has 0 atom stereocenters. The number of halogens is 1. The van der Waals surface area contributed by atoms with E-state index in [0.29, 0.717) is 23.3 Å². The van der Waals surface area contributed by atoms with Crippen molar-refractivity contribution in [3.63, 3.8) is 0 Å². The van der Waals surface area contributed by atoms with Crippen molar-refractivity contribution >= 4 is 27.4 Å². The summed E-state index contributed by atoms with van der Waals surface area (Å²) < 4.78 is 0.505. The van der Waals surface area contributed by atoms with E-state index in [1.165, 1.54) is 24.4 Å². The summed E-state index contributed by atoms with van der Waals surface area (Å²) in [7, 11) is 0. The van der Waals surface area contributed by atoms with Gasteiger partial charge in [-0.2, -0.15) is 0 Å². The van der Waals surface area contributed by atoms with Crippen LogP contribution in [0.25, 0.3) is 0 Å². The number of benzene rings is 1. The first kappa shape index (κ1) is 15.0. The van der Waals surface area contributed by atoms with Crippen LogP contribution in [0.3, 0.4) is 0 Å². The maximum absolute atomic E-state index is 10.6. The Morgan fingerprint density at radius 2 is 2.05 bits per heavy atom. The number of phenolic OH excluding ortho intramolecular Hbond substituents is 2. The summed E-state index contributed by atoms with van der Waals surface area (Å²) in [4.78, 5) is 14.1. The molecule has 0 aliphatic heterocycles. The molecule has 1 aromatic heterocycles. The Labute approximate surface area is 128 Å². The van der Waals surface area contributed by atoms with E-state index in [1.807, 2.05) is 0 Å². The molecule has 8 heteroatoms. The van der Waals surface area contributed by atoms with Crippen LogP contribution in [0.4, 0.5) is 11.5 Å². The summed E-state index contributed by atoms with van der Waals surface area (Å²) >= 11 is 3.22. The number of aromatic nitrogens is 1. The molecule has 0 bridgehead atoms. The molecule has 3 N–H and O–H groups in total. The van der Waals surface area contributed by atoms with Gasteiger partial charge < -0.3 is 15.5 Å². The van der Waals surface area contributed by atoms with E-state index in [4.69, 9.17) is 0 Å². The molecule has 0 saturated heterocycles. The minimum atomic E-state index is -0.513. The first-order valence-corrected chi connectivity index (χ1v) is 6.81. The minimum Gasteiger partial charge on any atom is -0.504 e. The van der Waals surface area contributed by atoms with Crippen LogP contribution in [0.1, 0.15) is 5.56 Å². The second-order valence-electron chi connectivity index (χ2n) is 4.28. The van der Waals surface area contributed by atoms with Crippen molar-refractivity contribution < 1.29 is 15.1 Å². The lowest BCUT2D eigenvalue weighted by Gasteiger charge is -2.08. The Balaban J connectivity index is 1.97. The van der Waals surface area contributed by atoms with Crippen molar-refractivity contribution in [2.24, 2.45) is 0 Å². The predicted molar refractivity (Wildman–Crippen MR) is 80.6 cm³/mol. The third-order valence-electron chi connectivity index (χ3n) is 2.78. The van der Waals surface area contributed by atoms with Crippen molar-refractivity contribution in [3.8, 4) is 11.5 Å². The number of hydrogen-bond donors (Lipinski definition) is 3. The zero-order chi connectivity index (χ0) is 15.4. The molecule has 2 aromatic rings. The van der Waals surface area contributed by atoms with Crippen LogP contribution in [0.2, 0.25) is 0 Å². The number of nitrogens with one attached hydrogen (secondary N) is 1. The van der Waals surface area contributed by atoms with Gasteiger partial charge in [-0.05, 0) is 40.0 Å². The van der Waals surface area contributed by atoms with Crippen LogP contribution >= 0.6 is 15.9 Å². The van der Waals surface area contributed by atoms with Crippen LogP contribution < -0.4 is 5.32 Å². The number of aromatic hydroxyl groups is 2. The van der Waals surface area contributed by atoms with Crippen LogP contribution in [0, 0.1) is 10.1 Å². The number of phenols is 2.